The molecule has 0 saturated carbocycles. The van der Waals surface area contributed by atoms with Crippen LogP contribution in [0.4, 0.5) is 0 Å². The van der Waals surface area contributed by atoms with Crippen molar-refractivity contribution in [1.82, 2.24) is 0 Å². The van der Waals surface area contributed by atoms with E-state index in [1.54, 1.807) is 0 Å². The highest BCUT2D eigenvalue weighted by Crippen LogP contribution is 2.17. The average Bonchev–Trinajstić information content (AvgIpc) is 2.16. The van der Waals surface area contributed by atoms with Gasteiger partial charge in [0.2, 0.25) is 0 Å². The van der Waals surface area contributed by atoms with Gasteiger partial charge in [0.15, 0.2) is 0 Å². The fourth-order valence-corrected chi connectivity index (χ4v) is 1.51. The van der Waals surface area contributed by atoms with Crippen LogP contribution in [0.1, 0.15) is 26.2 Å². The molecular weight excluding hydrogens is 152 g/mol. The molecule has 0 aliphatic carbocycles. The lowest BCUT2D eigenvalue weighted by molar-refractivity contribution is 0.0705. The second-order valence-corrected chi connectivity index (χ2v) is 3.31. The van der Waals surface area contributed by atoms with E-state index in [-0.39, 0.29) is 6.61 Å². The smallest absolute Gasteiger partial charge is 0.0641 e. The SMILES string of the molecule is CCC(=CC1CCCOC1)CO. The first-order valence-electron chi connectivity index (χ1n) is 4.75. The third-order valence-corrected chi connectivity index (χ3v) is 2.32. The van der Waals surface area contributed by atoms with Gasteiger partial charge in [-0.25, -0.2) is 0 Å². The fraction of sp³-hybridized carbons (Fsp3) is 0.800. The summed E-state index contributed by atoms with van der Waals surface area (Å²) in [5.74, 6) is 0.542. The van der Waals surface area contributed by atoms with Gasteiger partial charge in [-0.2, -0.15) is 0 Å². The Morgan fingerprint density at radius 2 is 2.50 bits per heavy atom. The van der Waals surface area contributed by atoms with Crippen LogP contribution < -0.4 is 0 Å². The molecule has 0 aromatic rings. The molecule has 0 aromatic carbocycles. The Morgan fingerprint density at radius 3 is 3.00 bits per heavy atom. The highest BCUT2D eigenvalue weighted by molar-refractivity contribution is 5.04. The van der Waals surface area contributed by atoms with Crippen molar-refractivity contribution in [3.05, 3.63) is 11.6 Å². The van der Waals surface area contributed by atoms with Crippen LogP contribution in [-0.2, 0) is 4.74 Å². The Labute approximate surface area is 74.2 Å². The summed E-state index contributed by atoms with van der Waals surface area (Å²) in [6, 6.07) is 0. The van der Waals surface area contributed by atoms with E-state index in [0.717, 1.165) is 31.6 Å². The van der Waals surface area contributed by atoms with Gasteiger partial charge in [0, 0.05) is 12.5 Å². The summed E-state index contributed by atoms with van der Waals surface area (Å²) in [4.78, 5) is 0. The molecule has 0 radical (unpaired) electrons. The van der Waals surface area contributed by atoms with E-state index in [0.29, 0.717) is 5.92 Å². The van der Waals surface area contributed by atoms with E-state index in [1.165, 1.54) is 6.42 Å². The summed E-state index contributed by atoms with van der Waals surface area (Å²) in [6.07, 6.45) is 5.50. The molecule has 1 aliphatic rings. The Kier molecular flexibility index (Phi) is 4.33. The van der Waals surface area contributed by atoms with Crippen LogP contribution in [0.5, 0.6) is 0 Å². The molecule has 0 spiro atoms. The average molecular weight is 170 g/mol. The van der Waals surface area contributed by atoms with E-state index in [4.69, 9.17) is 9.84 Å². The van der Waals surface area contributed by atoms with Crippen LogP contribution in [0.15, 0.2) is 11.6 Å². The second kappa shape index (κ2) is 5.33. The molecule has 1 atom stereocenters. The maximum absolute atomic E-state index is 8.95. The van der Waals surface area contributed by atoms with Crippen LogP contribution in [0, 0.1) is 5.92 Å². The minimum absolute atomic E-state index is 0.201. The Balaban J connectivity index is 2.39. The van der Waals surface area contributed by atoms with Crippen molar-refractivity contribution in [1.29, 1.82) is 0 Å². The van der Waals surface area contributed by atoms with Crippen molar-refractivity contribution >= 4 is 0 Å². The van der Waals surface area contributed by atoms with E-state index in [1.807, 2.05) is 0 Å². The van der Waals surface area contributed by atoms with Gasteiger partial charge in [0.05, 0.1) is 13.2 Å². The molecule has 1 fully saturated rings. The van der Waals surface area contributed by atoms with Gasteiger partial charge in [0.25, 0.3) is 0 Å². The van der Waals surface area contributed by atoms with Crippen molar-refractivity contribution in [2.24, 2.45) is 5.92 Å². The largest absolute Gasteiger partial charge is 0.392 e. The lowest BCUT2D eigenvalue weighted by Gasteiger charge is -2.19. The zero-order valence-electron chi connectivity index (χ0n) is 7.75. The van der Waals surface area contributed by atoms with Gasteiger partial charge in [-0.15, -0.1) is 0 Å². The van der Waals surface area contributed by atoms with Crippen molar-refractivity contribution in [3.63, 3.8) is 0 Å². The molecule has 0 aromatic heterocycles. The van der Waals surface area contributed by atoms with Gasteiger partial charge >= 0.3 is 0 Å². The highest BCUT2D eigenvalue weighted by atomic mass is 16.5. The Bertz CT molecular complexity index is 140. The monoisotopic (exact) mass is 170 g/mol. The summed E-state index contributed by atoms with van der Waals surface area (Å²) in [6.45, 7) is 4.02. The topological polar surface area (TPSA) is 29.5 Å². The van der Waals surface area contributed by atoms with Gasteiger partial charge < -0.3 is 9.84 Å². The summed E-state index contributed by atoms with van der Waals surface area (Å²) in [5, 5.41) is 8.95. The van der Waals surface area contributed by atoms with Crippen molar-refractivity contribution in [2.75, 3.05) is 19.8 Å². The summed E-state index contributed by atoms with van der Waals surface area (Å²) >= 11 is 0. The van der Waals surface area contributed by atoms with Crippen LogP contribution >= 0.6 is 0 Å². The maximum Gasteiger partial charge on any atom is 0.0641 e. The molecule has 1 rings (SSSR count). The predicted molar refractivity (Wildman–Crippen MR) is 49.0 cm³/mol. The van der Waals surface area contributed by atoms with Crippen LogP contribution in [0.2, 0.25) is 0 Å². The molecule has 0 amide bonds. The third-order valence-electron chi connectivity index (χ3n) is 2.32. The molecule has 70 valence electrons. The first kappa shape index (κ1) is 9.75. The van der Waals surface area contributed by atoms with E-state index < -0.39 is 0 Å². The number of ether oxygens (including phenoxy) is 1. The standard InChI is InChI=1S/C10H18O2/c1-2-9(7-11)6-10-4-3-5-12-8-10/h6,10-11H,2-5,7-8H2,1H3. The number of hydrogen-bond acceptors (Lipinski definition) is 2. The van der Waals surface area contributed by atoms with Crippen LogP contribution in [0.3, 0.4) is 0 Å². The summed E-state index contributed by atoms with van der Waals surface area (Å²) < 4.78 is 5.35. The minimum atomic E-state index is 0.201. The van der Waals surface area contributed by atoms with Crippen molar-refractivity contribution in [2.45, 2.75) is 26.2 Å². The molecule has 2 nitrogen and oxygen atoms in total. The maximum atomic E-state index is 8.95. The molecule has 2 heteroatoms. The first-order valence-corrected chi connectivity index (χ1v) is 4.75. The summed E-state index contributed by atoms with van der Waals surface area (Å²) in [7, 11) is 0. The molecule has 1 saturated heterocycles. The lowest BCUT2D eigenvalue weighted by atomic mass is 9.98. The molecule has 1 N–H and O–H groups in total. The molecule has 1 heterocycles. The third kappa shape index (κ3) is 2.95. The van der Waals surface area contributed by atoms with E-state index in [2.05, 4.69) is 13.0 Å². The fourth-order valence-electron chi connectivity index (χ4n) is 1.51. The van der Waals surface area contributed by atoms with E-state index >= 15 is 0 Å². The number of aliphatic hydroxyl groups excluding tert-OH is 1. The Morgan fingerprint density at radius 1 is 1.67 bits per heavy atom. The van der Waals surface area contributed by atoms with Crippen molar-refractivity contribution in [3.8, 4) is 0 Å². The van der Waals surface area contributed by atoms with Gasteiger partial charge in [0.1, 0.15) is 0 Å². The zero-order valence-corrected chi connectivity index (χ0v) is 7.75. The number of aliphatic hydroxyl groups is 1. The zero-order chi connectivity index (χ0) is 8.81. The number of rotatable bonds is 3. The van der Waals surface area contributed by atoms with Crippen molar-refractivity contribution < 1.29 is 9.84 Å². The molecule has 1 aliphatic heterocycles. The van der Waals surface area contributed by atoms with Crippen LogP contribution in [0.25, 0.3) is 0 Å². The number of hydrogen-bond donors (Lipinski definition) is 1. The van der Waals surface area contributed by atoms with Gasteiger partial charge in [-0.3, -0.25) is 0 Å². The second-order valence-electron chi connectivity index (χ2n) is 3.31. The summed E-state index contributed by atoms with van der Waals surface area (Å²) in [5.41, 5.74) is 1.14. The van der Waals surface area contributed by atoms with E-state index in [9.17, 15) is 0 Å². The lowest BCUT2D eigenvalue weighted by Crippen LogP contribution is -2.15. The Hall–Kier alpha value is -0.340. The molecule has 0 bridgehead atoms. The molecule has 12 heavy (non-hydrogen) atoms. The van der Waals surface area contributed by atoms with Gasteiger partial charge in [-0.1, -0.05) is 13.0 Å². The van der Waals surface area contributed by atoms with Gasteiger partial charge in [-0.05, 0) is 24.8 Å². The molecular formula is C10H18O2. The first-order chi connectivity index (χ1) is 5.86. The normalized spacial score (nSPS) is 25.8. The van der Waals surface area contributed by atoms with Crippen LogP contribution in [-0.4, -0.2) is 24.9 Å². The minimum Gasteiger partial charge on any atom is -0.392 e. The quantitative estimate of drug-likeness (QED) is 0.654. The highest BCUT2D eigenvalue weighted by Gasteiger charge is 2.11. The predicted octanol–water partition coefficient (Wildman–Crippen LogP) is 1.74. The molecule has 1 unspecified atom stereocenters.